The van der Waals surface area contributed by atoms with Crippen molar-refractivity contribution >= 4 is 17.1 Å². The third-order valence-corrected chi connectivity index (χ3v) is 3.87. The van der Waals surface area contributed by atoms with Crippen LogP contribution in [0.2, 0.25) is 0 Å². The molecule has 0 unspecified atom stereocenters. The highest BCUT2D eigenvalue weighted by Crippen LogP contribution is 2.24. The average molecular weight is 331 g/mol. The van der Waals surface area contributed by atoms with E-state index < -0.39 is 0 Å². The fourth-order valence-corrected chi connectivity index (χ4v) is 2.69. The van der Waals surface area contributed by atoms with Gasteiger partial charge in [0, 0.05) is 6.54 Å². The van der Waals surface area contributed by atoms with Crippen LogP contribution in [0.3, 0.4) is 0 Å². The second kappa shape index (κ2) is 6.60. The number of hydrogen-bond donors (Lipinski definition) is 1. The van der Waals surface area contributed by atoms with Gasteiger partial charge < -0.3 is 15.0 Å². The summed E-state index contributed by atoms with van der Waals surface area (Å²) in [5.74, 6) is 0.598. The van der Waals surface area contributed by atoms with Crippen LogP contribution in [0.1, 0.15) is 11.1 Å². The largest absolute Gasteiger partial charge is 0.471 e. The molecule has 0 fully saturated rings. The van der Waals surface area contributed by atoms with Crippen LogP contribution in [0, 0.1) is 0 Å². The molecule has 4 rings (SSSR count). The summed E-state index contributed by atoms with van der Waals surface area (Å²) < 4.78 is 7.91. The van der Waals surface area contributed by atoms with Gasteiger partial charge in [0.1, 0.15) is 6.61 Å². The Morgan fingerprint density at radius 3 is 2.28 bits per heavy atom. The second-order valence-corrected chi connectivity index (χ2v) is 5.69. The van der Waals surface area contributed by atoms with E-state index in [4.69, 9.17) is 10.5 Å². The van der Waals surface area contributed by atoms with Crippen LogP contribution in [0.5, 0.6) is 5.88 Å². The molecule has 25 heavy (non-hydrogen) atoms. The van der Waals surface area contributed by atoms with Crippen LogP contribution in [-0.4, -0.2) is 19.5 Å². The van der Waals surface area contributed by atoms with Gasteiger partial charge in [0.2, 0.25) is 11.8 Å². The molecule has 124 valence electrons. The Hall–Kier alpha value is -3.41. The molecule has 6 nitrogen and oxygen atoms in total. The summed E-state index contributed by atoms with van der Waals surface area (Å²) in [6, 6.07) is 20.1. The zero-order valence-electron chi connectivity index (χ0n) is 13.5. The van der Waals surface area contributed by atoms with E-state index in [2.05, 4.69) is 27.1 Å². The number of anilines is 1. The third kappa shape index (κ3) is 3.28. The molecule has 0 amide bonds. The maximum absolute atomic E-state index is 5.93. The summed E-state index contributed by atoms with van der Waals surface area (Å²) >= 11 is 0. The fraction of sp³-hybridized carbons (Fsp3) is 0.105. The van der Waals surface area contributed by atoms with Crippen molar-refractivity contribution in [1.29, 1.82) is 0 Å². The molecule has 0 spiro atoms. The Bertz CT molecular complexity index is 983. The molecule has 4 aromatic rings. The first-order chi connectivity index (χ1) is 12.3. The van der Waals surface area contributed by atoms with Crippen molar-refractivity contribution in [2.24, 2.45) is 0 Å². The lowest BCUT2D eigenvalue weighted by Crippen LogP contribution is -2.05. The van der Waals surface area contributed by atoms with E-state index >= 15 is 0 Å². The van der Waals surface area contributed by atoms with E-state index in [1.807, 2.05) is 53.1 Å². The molecule has 0 aliphatic rings. The zero-order valence-corrected chi connectivity index (χ0v) is 13.5. The lowest BCUT2D eigenvalue weighted by molar-refractivity contribution is 0.297. The maximum atomic E-state index is 5.93. The van der Waals surface area contributed by atoms with E-state index in [-0.39, 0.29) is 5.95 Å². The van der Waals surface area contributed by atoms with Crippen molar-refractivity contribution in [3.8, 4) is 5.88 Å². The average Bonchev–Trinajstić information content (AvgIpc) is 3.04. The highest BCUT2D eigenvalue weighted by molar-refractivity contribution is 5.77. The Labute approximate surface area is 144 Å². The van der Waals surface area contributed by atoms with Crippen molar-refractivity contribution in [1.82, 2.24) is 19.5 Å². The topological polar surface area (TPSA) is 78.9 Å². The third-order valence-electron chi connectivity index (χ3n) is 3.87. The highest BCUT2D eigenvalue weighted by atomic mass is 16.5. The van der Waals surface area contributed by atoms with Crippen molar-refractivity contribution in [3.05, 3.63) is 78.1 Å². The van der Waals surface area contributed by atoms with E-state index in [1.165, 1.54) is 0 Å². The fourth-order valence-electron chi connectivity index (χ4n) is 2.69. The normalized spacial score (nSPS) is 10.9. The van der Waals surface area contributed by atoms with Gasteiger partial charge in [-0.1, -0.05) is 60.7 Å². The summed E-state index contributed by atoms with van der Waals surface area (Å²) in [6.45, 7) is 1.06. The van der Waals surface area contributed by atoms with Crippen LogP contribution in [0.15, 0.2) is 67.0 Å². The first kappa shape index (κ1) is 15.1. The molecule has 0 atom stereocenters. The number of nitrogens with zero attached hydrogens (tertiary/aromatic N) is 4. The summed E-state index contributed by atoms with van der Waals surface area (Å²) in [7, 11) is 0. The van der Waals surface area contributed by atoms with E-state index in [1.54, 1.807) is 6.33 Å². The molecular formula is C19H17N5O. The van der Waals surface area contributed by atoms with Crippen LogP contribution < -0.4 is 10.5 Å². The summed E-state index contributed by atoms with van der Waals surface area (Å²) in [5.41, 5.74) is 9.30. The lowest BCUT2D eigenvalue weighted by atomic mass is 10.2. The Morgan fingerprint density at radius 1 is 0.880 bits per heavy atom. The van der Waals surface area contributed by atoms with E-state index in [0.717, 1.165) is 16.6 Å². The molecule has 0 bridgehead atoms. The predicted molar refractivity (Wildman–Crippen MR) is 96.1 cm³/mol. The van der Waals surface area contributed by atoms with Gasteiger partial charge in [0.05, 0.1) is 6.33 Å². The first-order valence-corrected chi connectivity index (χ1v) is 7.98. The molecule has 0 aliphatic carbocycles. The van der Waals surface area contributed by atoms with Gasteiger partial charge >= 0.3 is 0 Å². The van der Waals surface area contributed by atoms with Gasteiger partial charge in [-0.3, -0.25) is 0 Å². The van der Waals surface area contributed by atoms with Crippen LogP contribution in [0.4, 0.5) is 5.95 Å². The SMILES string of the molecule is Nc1nc(OCc2ccccc2)c2c(ncn2Cc2ccccc2)n1. The van der Waals surface area contributed by atoms with Crippen molar-refractivity contribution in [2.45, 2.75) is 13.2 Å². The number of benzene rings is 2. The van der Waals surface area contributed by atoms with Gasteiger partial charge in [0.15, 0.2) is 11.2 Å². The van der Waals surface area contributed by atoms with E-state index in [0.29, 0.717) is 24.7 Å². The summed E-state index contributed by atoms with van der Waals surface area (Å²) in [4.78, 5) is 12.8. The molecule has 0 saturated heterocycles. The molecule has 6 heteroatoms. The Kier molecular flexibility index (Phi) is 4.00. The van der Waals surface area contributed by atoms with E-state index in [9.17, 15) is 0 Å². The van der Waals surface area contributed by atoms with Gasteiger partial charge in [-0.2, -0.15) is 9.97 Å². The molecule has 2 aromatic carbocycles. The Morgan fingerprint density at radius 2 is 1.56 bits per heavy atom. The molecule has 0 saturated carbocycles. The number of imidazole rings is 1. The van der Waals surface area contributed by atoms with Gasteiger partial charge in [-0.25, -0.2) is 4.98 Å². The number of ether oxygens (including phenoxy) is 1. The molecule has 0 radical (unpaired) electrons. The van der Waals surface area contributed by atoms with Crippen molar-refractivity contribution in [2.75, 3.05) is 5.73 Å². The molecule has 0 aliphatic heterocycles. The van der Waals surface area contributed by atoms with Gasteiger partial charge in [0.25, 0.3) is 0 Å². The lowest BCUT2D eigenvalue weighted by Gasteiger charge is -2.10. The first-order valence-electron chi connectivity index (χ1n) is 7.98. The molecule has 2 N–H and O–H groups in total. The number of nitrogen functional groups attached to an aromatic ring is 1. The minimum absolute atomic E-state index is 0.153. The highest BCUT2D eigenvalue weighted by Gasteiger charge is 2.14. The van der Waals surface area contributed by atoms with Gasteiger partial charge in [-0.15, -0.1) is 0 Å². The van der Waals surface area contributed by atoms with Crippen LogP contribution >= 0.6 is 0 Å². The zero-order chi connectivity index (χ0) is 17.1. The Balaban J connectivity index is 1.68. The summed E-state index contributed by atoms with van der Waals surface area (Å²) in [6.07, 6.45) is 1.74. The van der Waals surface area contributed by atoms with Gasteiger partial charge in [-0.05, 0) is 11.1 Å². The quantitative estimate of drug-likeness (QED) is 0.608. The number of nitrogens with two attached hydrogens (primary N) is 1. The number of rotatable bonds is 5. The summed E-state index contributed by atoms with van der Waals surface area (Å²) in [5, 5.41) is 0. The monoisotopic (exact) mass is 331 g/mol. The number of fused-ring (bicyclic) bond motifs is 1. The second-order valence-electron chi connectivity index (χ2n) is 5.69. The molecular weight excluding hydrogens is 314 g/mol. The molecule has 2 heterocycles. The number of hydrogen-bond acceptors (Lipinski definition) is 5. The smallest absolute Gasteiger partial charge is 0.245 e. The maximum Gasteiger partial charge on any atom is 0.245 e. The molecule has 2 aromatic heterocycles. The minimum atomic E-state index is 0.153. The van der Waals surface area contributed by atoms with Crippen molar-refractivity contribution in [3.63, 3.8) is 0 Å². The van der Waals surface area contributed by atoms with Crippen LogP contribution in [0.25, 0.3) is 11.2 Å². The standard InChI is InChI=1S/C19H17N5O/c20-19-22-17-16(18(23-19)25-12-15-9-5-2-6-10-15)24(13-21-17)11-14-7-3-1-4-8-14/h1-10,13H,11-12H2,(H2,20,22,23). The minimum Gasteiger partial charge on any atom is -0.471 e. The van der Waals surface area contributed by atoms with Crippen LogP contribution in [-0.2, 0) is 13.2 Å². The number of aromatic nitrogens is 4. The van der Waals surface area contributed by atoms with Crippen molar-refractivity contribution < 1.29 is 4.74 Å². The predicted octanol–water partition coefficient (Wildman–Crippen LogP) is 3.04.